The molecule has 0 saturated carbocycles. The van der Waals surface area contributed by atoms with Crippen molar-refractivity contribution in [2.45, 2.75) is 45.2 Å². The molecule has 0 aliphatic carbocycles. The number of carbonyl (C=O) groups is 1. The highest BCUT2D eigenvalue weighted by molar-refractivity contribution is 5.85. The first kappa shape index (κ1) is 15.6. The number of rotatable bonds is 5. The van der Waals surface area contributed by atoms with Crippen LogP contribution in [0.2, 0.25) is 0 Å². The van der Waals surface area contributed by atoms with E-state index in [4.69, 9.17) is 5.73 Å². The van der Waals surface area contributed by atoms with Crippen molar-refractivity contribution in [1.82, 2.24) is 5.32 Å². The summed E-state index contributed by atoms with van der Waals surface area (Å²) in [7, 11) is 0. The lowest BCUT2D eigenvalue weighted by molar-refractivity contribution is -0.126. The monoisotopic (exact) mass is 270 g/mol. The second kappa shape index (κ2) is 6.10. The van der Waals surface area contributed by atoms with E-state index in [0.717, 1.165) is 18.6 Å². The van der Waals surface area contributed by atoms with Crippen molar-refractivity contribution in [2.75, 3.05) is 0 Å². The zero-order valence-electron chi connectivity index (χ0n) is 11.5. The number of hydrogen-bond acceptors (Lipinski definition) is 2. The lowest BCUT2D eigenvalue weighted by Gasteiger charge is -2.25. The van der Waals surface area contributed by atoms with Crippen molar-refractivity contribution >= 4 is 5.91 Å². The summed E-state index contributed by atoms with van der Waals surface area (Å²) in [5.41, 5.74) is 5.45. The molecule has 0 radical (unpaired) electrons. The van der Waals surface area contributed by atoms with Crippen molar-refractivity contribution in [3.63, 3.8) is 0 Å². The highest BCUT2D eigenvalue weighted by Crippen LogP contribution is 2.17. The molecule has 0 aromatic heterocycles. The van der Waals surface area contributed by atoms with Gasteiger partial charge in [0.15, 0.2) is 11.6 Å². The smallest absolute Gasteiger partial charge is 0.240 e. The van der Waals surface area contributed by atoms with E-state index in [1.807, 2.05) is 6.92 Å². The van der Waals surface area contributed by atoms with Crippen LogP contribution in [0, 0.1) is 11.6 Å². The van der Waals surface area contributed by atoms with Gasteiger partial charge in [0.2, 0.25) is 5.91 Å². The number of nitrogens with one attached hydrogen (secondary N) is 1. The van der Waals surface area contributed by atoms with Crippen LogP contribution in [0.1, 0.15) is 45.2 Å². The molecule has 1 rings (SSSR count). The van der Waals surface area contributed by atoms with Gasteiger partial charge in [-0.25, -0.2) is 8.78 Å². The van der Waals surface area contributed by atoms with Crippen LogP contribution in [-0.4, -0.2) is 11.4 Å². The summed E-state index contributed by atoms with van der Waals surface area (Å²) >= 11 is 0. The van der Waals surface area contributed by atoms with Gasteiger partial charge in [0.05, 0.1) is 11.6 Å². The Kier molecular flexibility index (Phi) is 5.00. The minimum Gasteiger partial charge on any atom is -0.348 e. The van der Waals surface area contributed by atoms with Gasteiger partial charge < -0.3 is 11.1 Å². The molecule has 1 aromatic rings. The number of carbonyl (C=O) groups excluding carboxylic acids is 1. The molecule has 0 spiro atoms. The molecule has 0 aliphatic heterocycles. The second-order valence-electron chi connectivity index (χ2n) is 5.04. The van der Waals surface area contributed by atoms with Gasteiger partial charge >= 0.3 is 0 Å². The van der Waals surface area contributed by atoms with Gasteiger partial charge in [-0.1, -0.05) is 19.4 Å². The van der Waals surface area contributed by atoms with Crippen LogP contribution in [0.4, 0.5) is 8.78 Å². The maximum atomic E-state index is 13.1. The van der Waals surface area contributed by atoms with E-state index < -0.39 is 23.2 Å². The van der Waals surface area contributed by atoms with Gasteiger partial charge in [-0.3, -0.25) is 4.79 Å². The van der Waals surface area contributed by atoms with E-state index in [1.54, 1.807) is 13.8 Å². The molecular weight excluding hydrogens is 250 g/mol. The van der Waals surface area contributed by atoms with E-state index in [-0.39, 0.29) is 5.91 Å². The van der Waals surface area contributed by atoms with Crippen LogP contribution >= 0.6 is 0 Å². The number of halogens is 2. The fourth-order valence-electron chi connectivity index (χ4n) is 1.86. The van der Waals surface area contributed by atoms with Gasteiger partial charge in [0, 0.05) is 0 Å². The van der Waals surface area contributed by atoms with Crippen LogP contribution in [0.5, 0.6) is 0 Å². The maximum Gasteiger partial charge on any atom is 0.240 e. The van der Waals surface area contributed by atoms with Gasteiger partial charge in [-0.15, -0.1) is 0 Å². The Morgan fingerprint density at radius 1 is 1.42 bits per heavy atom. The molecule has 1 aromatic carbocycles. The van der Waals surface area contributed by atoms with Crippen LogP contribution in [-0.2, 0) is 4.79 Å². The number of benzene rings is 1. The van der Waals surface area contributed by atoms with Gasteiger partial charge in [0.25, 0.3) is 0 Å². The van der Waals surface area contributed by atoms with Crippen LogP contribution in [0.3, 0.4) is 0 Å². The Bertz CT molecular complexity index is 461. The summed E-state index contributed by atoms with van der Waals surface area (Å²) in [5, 5.41) is 2.71. The summed E-state index contributed by atoms with van der Waals surface area (Å²) < 4.78 is 26.0. The molecule has 0 bridgehead atoms. The van der Waals surface area contributed by atoms with E-state index in [1.165, 1.54) is 6.07 Å². The standard InChI is InChI=1S/C14H20F2N2O/c1-4-7-14(3,17)13(19)18-9(2)10-5-6-11(15)12(16)8-10/h5-6,8-9H,4,7,17H2,1-3H3,(H,18,19). The molecule has 0 saturated heterocycles. The fraction of sp³-hybridized carbons (Fsp3) is 0.500. The van der Waals surface area contributed by atoms with Crippen molar-refractivity contribution < 1.29 is 13.6 Å². The molecule has 106 valence electrons. The van der Waals surface area contributed by atoms with Crippen molar-refractivity contribution in [2.24, 2.45) is 5.73 Å². The molecule has 3 nitrogen and oxygen atoms in total. The minimum absolute atomic E-state index is 0.299. The first-order chi connectivity index (χ1) is 8.77. The van der Waals surface area contributed by atoms with E-state index in [2.05, 4.69) is 5.32 Å². The molecule has 0 heterocycles. The Hall–Kier alpha value is -1.49. The Morgan fingerprint density at radius 2 is 2.05 bits per heavy atom. The third-order valence-electron chi connectivity index (χ3n) is 3.08. The number of amides is 1. The SMILES string of the molecule is CCCC(C)(N)C(=O)NC(C)c1ccc(F)c(F)c1. The molecule has 1 amide bonds. The summed E-state index contributed by atoms with van der Waals surface area (Å²) in [6.07, 6.45) is 1.35. The first-order valence-electron chi connectivity index (χ1n) is 6.32. The van der Waals surface area contributed by atoms with Crippen LogP contribution in [0.25, 0.3) is 0 Å². The van der Waals surface area contributed by atoms with Gasteiger partial charge in [-0.2, -0.15) is 0 Å². The van der Waals surface area contributed by atoms with Gasteiger partial charge in [0.1, 0.15) is 0 Å². The third-order valence-corrected chi connectivity index (χ3v) is 3.08. The van der Waals surface area contributed by atoms with Gasteiger partial charge in [-0.05, 0) is 38.0 Å². The van der Waals surface area contributed by atoms with E-state index in [9.17, 15) is 13.6 Å². The molecule has 3 N–H and O–H groups in total. The topological polar surface area (TPSA) is 55.1 Å². The Morgan fingerprint density at radius 3 is 2.58 bits per heavy atom. The van der Waals surface area contributed by atoms with E-state index in [0.29, 0.717) is 12.0 Å². The van der Waals surface area contributed by atoms with Crippen molar-refractivity contribution in [1.29, 1.82) is 0 Å². The number of hydrogen-bond donors (Lipinski definition) is 2. The normalized spacial score (nSPS) is 15.7. The van der Waals surface area contributed by atoms with Crippen LogP contribution in [0.15, 0.2) is 18.2 Å². The summed E-state index contributed by atoms with van der Waals surface area (Å²) in [4.78, 5) is 12.0. The highest BCUT2D eigenvalue weighted by Gasteiger charge is 2.28. The molecular formula is C14H20F2N2O. The average Bonchev–Trinajstić information content (AvgIpc) is 2.32. The summed E-state index contributed by atoms with van der Waals surface area (Å²) in [5.74, 6) is -2.13. The van der Waals surface area contributed by atoms with E-state index >= 15 is 0 Å². The predicted molar refractivity (Wildman–Crippen MR) is 70.4 cm³/mol. The van der Waals surface area contributed by atoms with Crippen molar-refractivity contribution in [3.8, 4) is 0 Å². The highest BCUT2D eigenvalue weighted by atomic mass is 19.2. The summed E-state index contributed by atoms with van der Waals surface area (Å²) in [6, 6.07) is 3.13. The molecule has 2 unspecified atom stereocenters. The predicted octanol–water partition coefficient (Wildman–Crippen LogP) is 2.66. The third kappa shape index (κ3) is 3.99. The molecule has 0 fully saturated rings. The molecule has 0 aliphatic rings. The fourth-order valence-corrected chi connectivity index (χ4v) is 1.86. The Balaban J connectivity index is 2.76. The second-order valence-corrected chi connectivity index (χ2v) is 5.04. The molecule has 19 heavy (non-hydrogen) atoms. The largest absolute Gasteiger partial charge is 0.348 e. The maximum absolute atomic E-state index is 13.1. The quantitative estimate of drug-likeness (QED) is 0.864. The van der Waals surface area contributed by atoms with Crippen molar-refractivity contribution in [3.05, 3.63) is 35.4 Å². The lowest BCUT2D eigenvalue weighted by atomic mass is 9.95. The zero-order chi connectivity index (χ0) is 14.6. The minimum atomic E-state index is -0.957. The summed E-state index contributed by atoms with van der Waals surface area (Å²) in [6.45, 7) is 5.30. The molecule has 5 heteroatoms. The van der Waals surface area contributed by atoms with Crippen LogP contribution < -0.4 is 11.1 Å². The first-order valence-corrected chi connectivity index (χ1v) is 6.32. The Labute approximate surface area is 112 Å². The number of nitrogens with two attached hydrogens (primary N) is 1. The average molecular weight is 270 g/mol. The molecule has 2 atom stereocenters. The lowest BCUT2D eigenvalue weighted by Crippen LogP contribution is -2.52. The zero-order valence-corrected chi connectivity index (χ0v) is 11.5.